The lowest BCUT2D eigenvalue weighted by atomic mass is 9.70. The third-order valence-electron chi connectivity index (χ3n) is 3.91. The Balaban J connectivity index is 2.13. The lowest BCUT2D eigenvalue weighted by Gasteiger charge is -2.35. The van der Waals surface area contributed by atoms with Crippen molar-refractivity contribution >= 4 is 0 Å². The average molecular weight is 233 g/mol. The molecule has 17 heavy (non-hydrogen) atoms. The van der Waals surface area contributed by atoms with E-state index in [0.717, 1.165) is 5.56 Å². The molecule has 0 aliphatic heterocycles. The van der Waals surface area contributed by atoms with Crippen molar-refractivity contribution in [3.8, 4) is 0 Å². The second-order valence-corrected chi connectivity index (χ2v) is 6.04. The highest BCUT2D eigenvalue weighted by atomic mass is 16.5. The van der Waals surface area contributed by atoms with Crippen LogP contribution in [0.2, 0.25) is 0 Å². The van der Waals surface area contributed by atoms with Crippen LogP contribution in [0.5, 0.6) is 0 Å². The molecule has 2 heteroatoms. The van der Waals surface area contributed by atoms with Crippen molar-refractivity contribution in [1.82, 2.24) is 5.48 Å². The zero-order chi connectivity index (χ0) is 12.3. The van der Waals surface area contributed by atoms with Gasteiger partial charge in [0, 0.05) is 6.54 Å². The maximum Gasteiger partial charge on any atom is 0.0458 e. The van der Waals surface area contributed by atoms with Gasteiger partial charge in [0.1, 0.15) is 0 Å². The van der Waals surface area contributed by atoms with Gasteiger partial charge in [0.05, 0.1) is 0 Å². The van der Waals surface area contributed by atoms with Gasteiger partial charge in [-0.05, 0) is 41.7 Å². The zero-order valence-corrected chi connectivity index (χ0v) is 10.9. The van der Waals surface area contributed by atoms with Crippen LogP contribution in [0.3, 0.4) is 0 Å². The molecular formula is C15H23NO. The van der Waals surface area contributed by atoms with Gasteiger partial charge in [-0.25, -0.2) is 5.48 Å². The van der Waals surface area contributed by atoms with Crippen LogP contribution in [-0.4, -0.2) is 5.21 Å². The van der Waals surface area contributed by atoms with Crippen molar-refractivity contribution in [2.75, 3.05) is 0 Å². The summed E-state index contributed by atoms with van der Waals surface area (Å²) in [6, 6.07) is 8.62. The molecule has 1 fully saturated rings. The van der Waals surface area contributed by atoms with Crippen LogP contribution in [0.1, 0.15) is 56.6 Å². The first-order valence-electron chi connectivity index (χ1n) is 6.56. The molecule has 2 N–H and O–H groups in total. The normalized spacial score (nSPS) is 23.6. The van der Waals surface area contributed by atoms with Crippen LogP contribution >= 0.6 is 0 Å². The van der Waals surface area contributed by atoms with E-state index >= 15 is 0 Å². The largest absolute Gasteiger partial charge is 0.316 e. The summed E-state index contributed by atoms with van der Waals surface area (Å²) in [4.78, 5) is 0. The Hall–Kier alpha value is -0.860. The van der Waals surface area contributed by atoms with E-state index in [4.69, 9.17) is 5.21 Å². The zero-order valence-electron chi connectivity index (χ0n) is 10.9. The third kappa shape index (κ3) is 3.30. The lowest BCUT2D eigenvalue weighted by Crippen LogP contribution is -2.21. The topological polar surface area (TPSA) is 32.3 Å². The average Bonchev–Trinajstić information content (AvgIpc) is 2.28. The molecule has 0 amide bonds. The molecule has 0 spiro atoms. The second-order valence-electron chi connectivity index (χ2n) is 6.04. The summed E-state index contributed by atoms with van der Waals surface area (Å²) in [6.45, 7) is 5.28. The molecule has 1 aliphatic carbocycles. The van der Waals surface area contributed by atoms with Crippen molar-refractivity contribution in [2.24, 2.45) is 5.41 Å². The highest BCUT2D eigenvalue weighted by molar-refractivity contribution is 5.27. The number of hydrogen-bond acceptors (Lipinski definition) is 2. The minimum Gasteiger partial charge on any atom is -0.316 e. The SMILES string of the molecule is CC1(C)CCCC(c2cccc(CNO)c2)C1. The standard InChI is InChI=1S/C15H23NO/c1-15(2)8-4-7-14(10-15)13-6-3-5-12(9-13)11-16-17/h3,5-6,9,14,16-17H,4,7-8,10-11H2,1-2H3. The summed E-state index contributed by atoms with van der Waals surface area (Å²) >= 11 is 0. The molecule has 1 aromatic rings. The van der Waals surface area contributed by atoms with Gasteiger partial charge in [-0.1, -0.05) is 44.5 Å². The van der Waals surface area contributed by atoms with Gasteiger partial charge >= 0.3 is 0 Å². The monoisotopic (exact) mass is 233 g/mol. The van der Waals surface area contributed by atoms with Gasteiger partial charge in [-0.15, -0.1) is 0 Å². The van der Waals surface area contributed by atoms with Gasteiger partial charge < -0.3 is 5.21 Å². The Labute approximate surface area is 104 Å². The Morgan fingerprint density at radius 2 is 2.24 bits per heavy atom. The van der Waals surface area contributed by atoms with Gasteiger partial charge in [0.25, 0.3) is 0 Å². The summed E-state index contributed by atoms with van der Waals surface area (Å²) in [5.74, 6) is 0.692. The van der Waals surface area contributed by atoms with E-state index in [1.54, 1.807) is 0 Å². The fourth-order valence-corrected chi connectivity index (χ4v) is 3.03. The quantitative estimate of drug-likeness (QED) is 0.777. The minimum absolute atomic E-state index is 0.480. The van der Waals surface area contributed by atoms with Crippen LogP contribution in [0.15, 0.2) is 24.3 Å². The number of hydroxylamine groups is 1. The second kappa shape index (κ2) is 5.19. The van der Waals surface area contributed by atoms with Crippen LogP contribution in [0.25, 0.3) is 0 Å². The summed E-state index contributed by atoms with van der Waals surface area (Å²) in [5, 5.41) is 8.75. The molecule has 1 aromatic carbocycles. The van der Waals surface area contributed by atoms with Crippen molar-refractivity contribution in [1.29, 1.82) is 0 Å². The van der Waals surface area contributed by atoms with E-state index in [1.165, 1.54) is 31.2 Å². The molecule has 94 valence electrons. The number of nitrogens with one attached hydrogen (secondary N) is 1. The van der Waals surface area contributed by atoms with Crippen molar-refractivity contribution in [3.05, 3.63) is 35.4 Å². The Morgan fingerprint density at radius 1 is 1.41 bits per heavy atom. The van der Waals surface area contributed by atoms with E-state index in [1.807, 2.05) is 0 Å². The van der Waals surface area contributed by atoms with Gasteiger partial charge in [0.2, 0.25) is 0 Å². The first kappa shape index (κ1) is 12.6. The highest BCUT2D eigenvalue weighted by Gasteiger charge is 2.28. The molecule has 0 radical (unpaired) electrons. The van der Waals surface area contributed by atoms with Gasteiger partial charge in [-0.3, -0.25) is 0 Å². The molecule has 1 atom stereocenters. The van der Waals surface area contributed by atoms with E-state index in [9.17, 15) is 0 Å². The molecule has 0 bridgehead atoms. The van der Waals surface area contributed by atoms with Crippen LogP contribution < -0.4 is 5.48 Å². The first-order chi connectivity index (χ1) is 8.11. The number of benzene rings is 1. The summed E-state index contributed by atoms with van der Waals surface area (Å²) in [6.07, 6.45) is 5.27. The molecule has 1 aliphatic rings. The predicted octanol–water partition coefficient (Wildman–Crippen LogP) is 3.85. The Kier molecular flexibility index (Phi) is 3.85. The minimum atomic E-state index is 0.480. The van der Waals surface area contributed by atoms with E-state index in [-0.39, 0.29) is 0 Å². The van der Waals surface area contributed by atoms with E-state index < -0.39 is 0 Å². The maximum atomic E-state index is 8.75. The molecule has 0 aromatic heterocycles. The van der Waals surface area contributed by atoms with Crippen LogP contribution in [-0.2, 0) is 6.54 Å². The molecule has 2 rings (SSSR count). The molecule has 0 saturated heterocycles. The highest BCUT2D eigenvalue weighted by Crippen LogP contribution is 2.43. The summed E-state index contributed by atoms with van der Waals surface area (Å²) in [5.41, 5.74) is 5.31. The van der Waals surface area contributed by atoms with E-state index in [0.29, 0.717) is 17.9 Å². The maximum absolute atomic E-state index is 8.75. The van der Waals surface area contributed by atoms with Crippen LogP contribution in [0, 0.1) is 5.41 Å². The first-order valence-corrected chi connectivity index (χ1v) is 6.56. The van der Waals surface area contributed by atoms with E-state index in [2.05, 4.69) is 43.6 Å². The third-order valence-corrected chi connectivity index (χ3v) is 3.91. The van der Waals surface area contributed by atoms with Crippen molar-refractivity contribution in [3.63, 3.8) is 0 Å². The van der Waals surface area contributed by atoms with Gasteiger partial charge in [0.15, 0.2) is 0 Å². The molecule has 0 heterocycles. The van der Waals surface area contributed by atoms with Crippen molar-refractivity contribution < 1.29 is 5.21 Å². The smallest absolute Gasteiger partial charge is 0.0458 e. The summed E-state index contributed by atoms with van der Waals surface area (Å²) in [7, 11) is 0. The van der Waals surface area contributed by atoms with Crippen LogP contribution in [0.4, 0.5) is 0 Å². The van der Waals surface area contributed by atoms with Crippen molar-refractivity contribution in [2.45, 2.75) is 52.0 Å². The fraction of sp³-hybridized carbons (Fsp3) is 0.600. The Bertz CT molecular complexity index is 373. The predicted molar refractivity (Wildman–Crippen MR) is 70.1 cm³/mol. The molecular weight excluding hydrogens is 210 g/mol. The molecule has 2 nitrogen and oxygen atoms in total. The summed E-state index contributed by atoms with van der Waals surface area (Å²) < 4.78 is 0. The number of rotatable bonds is 3. The Morgan fingerprint density at radius 3 is 2.94 bits per heavy atom. The number of hydrogen-bond donors (Lipinski definition) is 2. The van der Waals surface area contributed by atoms with Gasteiger partial charge in [-0.2, -0.15) is 0 Å². The molecule has 1 unspecified atom stereocenters. The molecule has 1 saturated carbocycles. The fourth-order valence-electron chi connectivity index (χ4n) is 3.03. The lowest BCUT2D eigenvalue weighted by molar-refractivity contribution is 0.161.